The van der Waals surface area contributed by atoms with Crippen LogP contribution in [0.25, 0.3) is 5.57 Å². The van der Waals surface area contributed by atoms with Gasteiger partial charge >= 0.3 is 0 Å². The third-order valence-corrected chi connectivity index (χ3v) is 7.01. The van der Waals surface area contributed by atoms with Crippen LogP contribution >= 0.6 is 11.6 Å². The SMILES string of the molecule is COCCN1C(=O)C2C(C1=O)C(C(=O)c1ccc(Cl)cc1)N1c3ccccc3C(C)=CC21. The van der Waals surface area contributed by atoms with Crippen LogP contribution < -0.4 is 4.90 Å². The van der Waals surface area contributed by atoms with Gasteiger partial charge in [-0.2, -0.15) is 0 Å². The smallest absolute Gasteiger partial charge is 0.235 e. The third-order valence-electron chi connectivity index (χ3n) is 6.76. The zero-order valence-corrected chi connectivity index (χ0v) is 18.6. The number of halogens is 1. The quantitative estimate of drug-likeness (QED) is 0.515. The Kier molecular flexibility index (Phi) is 5.14. The van der Waals surface area contributed by atoms with Crippen LogP contribution in [0.1, 0.15) is 22.8 Å². The summed E-state index contributed by atoms with van der Waals surface area (Å²) in [5.41, 5.74) is 3.39. The summed E-state index contributed by atoms with van der Waals surface area (Å²) in [5, 5.41) is 0.531. The highest BCUT2D eigenvalue weighted by Crippen LogP contribution is 2.50. The number of Topliss-reactive ketones (excluding diaryl/α,β-unsaturated/α-hetero) is 1. The molecule has 0 radical (unpaired) electrons. The van der Waals surface area contributed by atoms with Crippen LogP contribution in [0.4, 0.5) is 5.69 Å². The second-order valence-electron chi connectivity index (χ2n) is 8.45. The largest absolute Gasteiger partial charge is 0.383 e. The van der Waals surface area contributed by atoms with Gasteiger partial charge in [0, 0.05) is 28.9 Å². The average Bonchev–Trinajstić information content (AvgIpc) is 3.25. The molecule has 3 heterocycles. The van der Waals surface area contributed by atoms with E-state index in [-0.39, 0.29) is 36.8 Å². The summed E-state index contributed by atoms with van der Waals surface area (Å²) in [5.74, 6) is -2.08. The summed E-state index contributed by atoms with van der Waals surface area (Å²) in [7, 11) is 1.53. The Morgan fingerprint density at radius 3 is 2.44 bits per heavy atom. The van der Waals surface area contributed by atoms with Gasteiger partial charge in [-0.25, -0.2) is 0 Å². The lowest BCUT2D eigenvalue weighted by Gasteiger charge is -2.38. The molecule has 0 aromatic heterocycles. The highest BCUT2D eigenvalue weighted by molar-refractivity contribution is 6.30. The van der Waals surface area contributed by atoms with Crippen LogP contribution in [0, 0.1) is 11.8 Å². The minimum Gasteiger partial charge on any atom is -0.383 e. The number of carbonyl (C=O) groups is 3. The Bertz CT molecular complexity index is 1140. The number of hydrogen-bond acceptors (Lipinski definition) is 5. The molecule has 3 aliphatic rings. The molecule has 0 bridgehead atoms. The maximum atomic E-state index is 13.8. The van der Waals surface area contributed by atoms with Crippen molar-refractivity contribution < 1.29 is 19.1 Å². The van der Waals surface area contributed by atoms with Crippen molar-refractivity contribution in [2.75, 3.05) is 25.2 Å². The van der Waals surface area contributed by atoms with Crippen molar-refractivity contribution in [1.82, 2.24) is 4.90 Å². The van der Waals surface area contributed by atoms with Gasteiger partial charge in [-0.3, -0.25) is 19.3 Å². The molecule has 32 heavy (non-hydrogen) atoms. The maximum Gasteiger partial charge on any atom is 0.235 e. The Morgan fingerprint density at radius 2 is 1.72 bits per heavy atom. The molecule has 0 spiro atoms. The number of imide groups is 1. The standard InChI is InChI=1S/C25H23ClN2O4/c1-14-13-19-20-21(25(31)27(24(20)30)11-12-32-2)22(23(29)15-7-9-16(26)10-8-15)28(19)18-6-4-3-5-17(14)18/h3-10,13,19-22H,11-12H2,1-2H3. The summed E-state index contributed by atoms with van der Waals surface area (Å²) in [6, 6.07) is 13.4. The van der Waals surface area contributed by atoms with E-state index in [2.05, 4.69) is 0 Å². The molecule has 2 saturated heterocycles. The topological polar surface area (TPSA) is 66.9 Å². The van der Waals surface area contributed by atoms with E-state index in [0.717, 1.165) is 16.8 Å². The Morgan fingerprint density at radius 1 is 1.03 bits per heavy atom. The molecule has 0 aliphatic carbocycles. The molecule has 0 saturated carbocycles. The molecule has 7 heteroatoms. The van der Waals surface area contributed by atoms with E-state index in [1.54, 1.807) is 24.3 Å². The van der Waals surface area contributed by atoms with Crippen molar-refractivity contribution in [3.8, 4) is 0 Å². The van der Waals surface area contributed by atoms with Crippen molar-refractivity contribution in [2.24, 2.45) is 11.8 Å². The van der Waals surface area contributed by atoms with E-state index in [0.29, 0.717) is 10.6 Å². The number of anilines is 1. The van der Waals surface area contributed by atoms with Crippen LogP contribution in [-0.2, 0) is 14.3 Å². The number of para-hydroxylation sites is 1. The molecule has 2 aromatic rings. The minimum absolute atomic E-state index is 0.184. The molecule has 0 N–H and O–H groups in total. The Hall–Kier alpha value is -2.96. The zero-order chi connectivity index (χ0) is 22.6. The molecule has 164 valence electrons. The molecule has 2 aromatic carbocycles. The van der Waals surface area contributed by atoms with E-state index >= 15 is 0 Å². The first-order chi connectivity index (χ1) is 15.4. The number of allylic oxidation sites excluding steroid dienone is 1. The summed E-state index contributed by atoms with van der Waals surface area (Å²) in [6.07, 6.45) is 2.03. The molecular weight excluding hydrogens is 428 g/mol. The van der Waals surface area contributed by atoms with Gasteiger partial charge in [-0.05, 0) is 42.8 Å². The number of carbonyl (C=O) groups excluding carboxylic acids is 3. The number of nitrogens with zero attached hydrogens (tertiary/aromatic N) is 2. The van der Waals surface area contributed by atoms with Gasteiger partial charge in [0.25, 0.3) is 0 Å². The molecular formula is C25H23ClN2O4. The normalized spacial score (nSPS) is 26.0. The molecule has 6 nitrogen and oxygen atoms in total. The number of fused-ring (bicyclic) bond motifs is 5. The first kappa shape index (κ1) is 20.9. The van der Waals surface area contributed by atoms with Gasteiger partial charge in [0.05, 0.1) is 31.0 Å². The van der Waals surface area contributed by atoms with Crippen LogP contribution in [-0.4, -0.2) is 54.8 Å². The van der Waals surface area contributed by atoms with E-state index in [1.807, 2.05) is 42.2 Å². The van der Waals surface area contributed by atoms with Crippen molar-refractivity contribution in [1.29, 1.82) is 0 Å². The first-order valence-electron chi connectivity index (χ1n) is 10.6. The number of benzene rings is 2. The lowest BCUT2D eigenvalue weighted by atomic mass is 9.85. The maximum absolute atomic E-state index is 13.8. The fourth-order valence-electron chi connectivity index (χ4n) is 5.35. The predicted octanol–water partition coefficient (Wildman–Crippen LogP) is 3.44. The number of rotatable bonds is 5. The van der Waals surface area contributed by atoms with E-state index in [9.17, 15) is 14.4 Å². The molecule has 2 fully saturated rings. The van der Waals surface area contributed by atoms with Gasteiger partial charge in [0.15, 0.2) is 5.78 Å². The van der Waals surface area contributed by atoms with E-state index in [4.69, 9.17) is 16.3 Å². The molecule has 4 unspecified atom stereocenters. The van der Waals surface area contributed by atoms with Crippen molar-refractivity contribution in [3.63, 3.8) is 0 Å². The monoisotopic (exact) mass is 450 g/mol. The fraction of sp³-hybridized carbons (Fsp3) is 0.320. The highest BCUT2D eigenvalue weighted by Gasteiger charge is 2.64. The van der Waals surface area contributed by atoms with Gasteiger partial charge in [-0.1, -0.05) is 35.9 Å². The Balaban J connectivity index is 1.64. The number of methoxy groups -OCH3 is 1. The first-order valence-corrected chi connectivity index (χ1v) is 11.0. The van der Waals surface area contributed by atoms with Crippen LogP contribution in [0.5, 0.6) is 0 Å². The minimum atomic E-state index is -0.777. The van der Waals surface area contributed by atoms with Crippen LogP contribution in [0.3, 0.4) is 0 Å². The van der Waals surface area contributed by atoms with Gasteiger partial charge in [0.1, 0.15) is 6.04 Å². The zero-order valence-electron chi connectivity index (χ0n) is 17.8. The fourth-order valence-corrected chi connectivity index (χ4v) is 5.47. The number of likely N-dealkylation sites (tertiary alicyclic amines) is 1. The third kappa shape index (κ3) is 3.01. The van der Waals surface area contributed by atoms with Crippen molar-refractivity contribution >= 4 is 40.5 Å². The second kappa shape index (κ2) is 7.87. The molecule has 2 amide bonds. The summed E-state index contributed by atoms with van der Waals surface area (Å²) in [4.78, 5) is 43.9. The average molecular weight is 451 g/mol. The van der Waals surface area contributed by atoms with Crippen molar-refractivity contribution in [3.05, 3.63) is 70.8 Å². The summed E-state index contributed by atoms with van der Waals surface area (Å²) in [6.45, 7) is 2.46. The number of ketones is 1. The molecule has 3 aliphatic heterocycles. The Labute approximate surface area is 191 Å². The second-order valence-corrected chi connectivity index (χ2v) is 8.89. The molecule has 4 atom stereocenters. The number of amides is 2. The van der Waals surface area contributed by atoms with Gasteiger partial charge in [-0.15, -0.1) is 0 Å². The lowest BCUT2D eigenvalue weighted by molar-refractivity contribution is -0.141. The summed E-state index contributed by atoms with van der Waals surface area (Å²) >= 11 is 6.02. The van der Waals surface area contributed by atoms with E-state index < -0.39 is 17.9 Å². The summed E-state index contributed by atoms with van der Waals surface area (Å²) < 4.78 is 5.10. The van der Waals surface area contributed by atoms with Crippen LogP contribution in [0.15, 0.2) is 54.6 Å². The van der Waals surface area contributed by atoms with Gasteiger partial charge < -0.3 is 9.64 Å². The number of ether oxygens (including phenoxy) is 1. The lowest BCUT2D eigenvalue weighted by Crippen LogP contribution is -2.49. The number of hydrogen-bond donors (Lipinski definition) is 0. The molecule has 5 rings (SSSR count). The highest BCUT2D eigenvalue weighted by atomic mass is 35.5. The predicted molar refractivity (Wildman–Crippen MR) is 122 cm³/mol. The van der Waals surface area contributed by atoms with Crippen molar-refractivity contribution in [2.45, 2.75) is 19.0 Å². The van der Waals surface area contributed by atoms with Gasteiger partial charge in [0.2, 0.25) is 11.8 Å². The van der Waals surface area contributed by atoms with E-state index in [1.165, 1.54) is 12.0 Å². The van der Waals surface area contributed by atoms with Crippen LogP contribution in [0.2, 0.25) is 5.02 Å².